The number of aromatic nitrogens is 4. The molecule has 0 spiro atoms. The van der Waals surface area contributed by atoms with Crippen LogP contribution in [0.4, 0.5) is 0 Å². The summed E-state index contributed by atoms with van der Waals surface area (Å²) >= 11 is 0. The van der Waals surface area contributed by atoms with Gasteiger partial charge in [-0.15, -0.1) is 0 Å². The third kappa shape index (κ3) is 3.66. The van der Waals surface area contributed by atoms with E-state index in [1.54, 1.807) is 24.1 Å². The van der Waals surface area contributed by atoms with E-state index in [0.29, 0.717) is 30.4 Å². The number of hydrogen-bond donors (Lipinski definition) is 2. The smallest absolute Gasteiger partial charge is 0.273 e. The van der Waals surface area contributed by atoms with Crippen LogP contribution >= 0.6 is 0 Å². The summed E-state index contributed by atoms with van der Waals surface area (Å²) in [6.07, 6.45) is 5.22. The predicted octanol–water partition coefficient (Wildman–Crippen LogP) is 1.56. The summed E-state index contributed by atoms with van der Waals surface area (Å²) in [5, 5.41) is 6.27. The van der Waals surface area contributed by atoms with Crippen LogP contribution in [0.1, 0.15) is 28.8 Å². The SMILES string of the molecule is Cc1nc2c(c(C)c1CCC(=O)NCCc1cccnc1)c(=O)[nH]n2C. The Morgan fingerprint density at radius 2 is 2.12 bits per heavy atom. The van der Waals surface area contributed by atoms with Gasteiger partial charge in [0.1, 0.15) is 0 Å². The van der Waals surface area contributed by atoms with Gasteiger partial charge in [0.15, 0.2) is 5.65 Å². The summed E-state index contributed by atoms with van der Waals surface area (Å²) in [7, 11) is 1.77. The van der Waals surface area contributed by atoms with E-state index in [-0.39, 0.29) is 11.5 Å². The minimum atomic E-state index is -0.144. The van der Waals surface area contributed by atoms with Crippen LogP contribution in [0.2, 0.25) is 0 Å². The first-order chi connectivity index (χ1) is 12.5. The number of H-pyrrole nitrogens is 1. The first-order valence-electron chi connectivity index (χ1n) is 8.67. The van der Waals surface area contributed by atoms with Gasteiger partial charge in [-0.25, -0.2) is 4.98 Å². The molecule has 0 unspecified atom stereocenters. The molecule has 3 rings (SSSR count). The first kappa shape index (κ1) is 17.8. The van der Waals surface area contributed by atoms with Gasteiger partial charge in [-0.2, -0.15) is 0 Å². The molecule has 0 aliphatic heterocycles. The molecule has 3 aromatic heterocycles. The summed E-state index contributed by atoms with van der Waals surface area (Å²) in [6.45, 7) is 4.42. The largest absolute Gasteiger partial charge is 0.356 e. The van der Waals surface area contributed by atoms with E-state index >= 15 is 0 Å². The van der Waals surface area contributed by atoms with Gasteiger partial charge in [-0.05, 0) is 49.4 Å². The fourth-order valence-corrected chi connectivity index (χ4v) is 3.24. The maximum atomic E-state index is 12.1. The van der Waals surface area contributed by atoms with Crippen LogP contribution in [-0.4, -0.2) is 32.2 Å². The van der Waals surface area contributed by atoms with Gasteiger partial charge in [0.2, 0.25) is 5.91 Å². The van der Waals surface area contributed by atoms with E-state index in [9.17, 15) is 9.59 Å². The quantitative estimate of drug-likeness (QED) is 0.703. The number of pyridine rings is 2. The predicted molar refractivity (Wildman–Crippen MR) is 100 cm³/mol. The molecule has 0 saturated carbocycles. The molecule has 3 heterocycles. The minimum Gasteiger partial charge on any atom is -0.356 e. The molecule has 0 bridgehead atoms. The van der Waals surface area contributed by atoms with Crippen LogP contribution in [0, 0.1) is 13.8 Å². The molecular weight excluding hydrogens is 330 g/mol. The summed E-state index contributed by atoms with van der Waals surface area (Å²) in [5.41, 5.74) is 4.32. The van der Waals surface area contributed by atoms with E-state index in [4.69, 9.17) is 0 Å². The van der Waals surface area contributed by atoms with Crippen molar-refractivity contribution in [3.8, 4) is 0 Å². The summed E-state index contributed by atoms with van der Waals surface area (Å²) in [5.74, 6) is -0.00485. The fraction of sp³-hybridized carbons (Fsp3) is 0.368. The molecule has 7 nitrogen and oxygen atoms in total. The normalized spacial score (nSPS) is 11.0. The van der Waals surface area contributed by atoms with E-state index < -0.39 is 0 Å². The lowest BCUT2D eigenvalue weighted by Gasteiger charge is -2.11. The molecule has 2 N–H and O–H groups in total. The lowest BCUT2D eigenvalue weighted by Crippen LogP contribution is -2.26. The van der Waals surface area contributed by atoms with Crippen LogP contribution in [-0.2, 0) is 24.7 Å². The molecule has 0 atom stereocenters. The highest BCUT2D eigenvalue weighted by Gasteiger charge is 2.15. The minimum absolute atomic E-state index is 0.00485. The number of rotatable bonds is 6. The zero-order valence-corrected chi connectivity index (χ0v) is 15.3. The highest BCUT2D eigenvalue weighted by molar-refractivity contribution is 5.81. The average Bonchev–Trinajstić information content (AvgIpc) is 2.89. The molecular formula is C19H23N5O2. The topological polar surface area (TPSA) is 92.7 Å². The molecule has 0 fully saturated rings. The zero-order valence-electron chi connectivity index (χ0n) is 15.3. The summed E-state index contributed by atoms with van der Waals surface area (Å²) in [4.78, 5) is 32.8. The Labute approximate surface area is 151 Å². The van der Waals surface area contributed by atoms with Crippen LogP contribution in [0.3, 0.4) is 0 Å². The fourth-order valence-electron chi connectivity index (χ4n) is 3.24. The number of amides is 1. The van der Waals surface area contributed by atoms with Crippen molar-refractivity contribution in [1.82, 2.24) is 25.1 Å². The van der Waals surface area contributed by atoms with Gasteiger partial charge >= 0.3 is 0 Å². The van der Waals surface area contributed by atoms with Crippen LogP contribution in [0.15, 0.2) is 29.3 Å². The Morgan fingerprint density at radius 3 is 2.85 bits per heavy atom. The van der Waals surface area contributed by atoms with E-state index in [2.05, 4.69) is 20.4 Å². The van der Waals surface area contributed by atoms with Crippen molar-refractivity contribution in [2.45, 2.75) is 33.1 Å². The molecule has 0 aromatic carbocycles. The van der Waals surface area contributed by atoms with Gasteiger partial charge in [0.05, 0.1) is 5.39 Å². The van der Waals surface area contributed by atoms with Crippen molar-refractivity contribution < 1.29 is 4.79 Å². The second-order valence-corrected chi connectivity index (χ2v) is 6.46. The van der Waals surface area contributed by atoms with Gasteiger partial charge in [0, 0.05) is 38.1 Å². The molecule has 3 aromatic rings. The first-order valence-corrected chi connectivity index (χ1v) is 8.67. The Bertz CT molecular complexity index is 989. The highest BCUT2D eigenvalue weighted by Crippen LogP contribution is 2.20. The molecule has 0 saturated heterocycles. The van der Waals surface area contributed by atoms with E-state index in [0.717, 1.165) is 28.8 Å². The number of aryl methyl sites for hydroxylation is 3. The zero-order chi connectivity index (χ0) is 18.7. The number of fused-ring (bicyclic) bond motifs is 1. The summed E-state index contributed by atoms with van der Waals surface area (Å²) in [6, 6.07) is 3.88. The molecule has 0 aliphatic carbocycles. The summed E-state index contributed by atoms with van der Waals surface area (Å²) < 4.78 is 1.63. The molecule has 0 radical (unpaired) electrons. The Kier molecular flexibility index (Phi) is 5.16. The van der Waals surface area contributed by atoms with Crippen molar-refractivity contribution in [2.75, 3.05) is 6.54 Å². The molecule has 0 aliphatic rings. The van der Waals surface area contributed by atoms with E-state index in [1.807, 2.05) is 26.0 Å². The third-order valence-electron chi connectivity index (χ3n) is 4.64. The second-order valence-electron chi connectivity index (χ2n) is 6.46. The monoisotopic (exact) mass is 353 g/mol. The van der Waals surface area contributed by atoms with Crippen LogP contribution in [0.25, 0.3) is 11.0 Å². The number of carbonyl (C=O) groups is 1. The Hall–Kier alpha value is -2.96. The average molecular weight is 353 g/mol. The van der Waals surface area contributed by atoms with Crippen molar-refractivity contribution >= 4 is 16.9 Å². The number of carbonyl (C=O) groups excluding carboxylic acids is 1. The standard InChI is InChI=1S/C19H23N5O2/c1-12-15(13(2)22-18-17(12)19(26)23-24(18)3)6-7-16(25)21-10-8-14-5-4-9-20-11-14/h4-5,9,11H,6-8,10H2,1-3H3,(H,21,25)(H,23,26). The number of nitrogens with one attached hydrogen (secondary N) is 2. The van der Waals surface area contributed by atoms with Crippen LogP contribution < -0.4 is 10.9 Å². The lowest BCUT2D eigenvalue weighted by atomic mass is 10.0. The number of aromatic amines is 1. The van der Waals surface area contributed by atoms with Crippen LogP contribution in [0.5, 0.6) is 0 Å². The molecule has 136 valence electrons. The third-order valence-corrected chi connectivity index (χ3v) is 4.64. The second kappa shape index (κ2) is 7.51. The Balaban J connectivity index is 1.63. The Morgan fingerprint density at radius 1 is 1.31 bits per heavy atom. The van der Waals surface area contributed by atoms with Crippen molar-refractivity contribution in [3.05, 3.63) is 57.3 Å². The highest BCUT2D eigenvalue weighted by atomic mass is 16.1. The maximum Gasteiger partial charge on any atom is 0.273 e. The van der Waals surface area contributed by atoms with Gasteiger partial charge in [-0.3, -0.25) is 24.4 Å². The number of hydrogen-bond acceptors (Lipinski definition) is 4. The van der Waals surface area contributed by atoms with Gasteiger partial charge in [-0.1, -0.05) is 6.07 Å². The van der Waals surface area contributed by atoms with Gasteiger partial charge < -0.3 is 5.32 Å². The molecule has 7 heteroatoms. The number of nitrogens with zero attached hydrogens (tertiary/aromatic N) is 3. The lowest BCUT2D eigenvalue weighted by molar-refractivity contribution is -0.121. The molecule has 1 amide bonds. The van der Waals surface area contributed by atoms with Crippen molar-refractivity contribution in [2.24, 2.45) is 7.05 Å². The maximum absolute atomic E-state index is 12.1. The van der Waals surface area contributed by atoms with Crippen molar-refractivity contribution in [3.63, 3.8) is 0 Å². The van der Waals surface area contributed by atoms with Crippen molar-refractivity contribution in [1.29, 1.82) is 0 Å². The molecule has 26 heavy (non-hydrogen) atoms. The van der Waals surface area contributed by atoms with E-state index in [1.165, 1.54) is 0 Å². The van der Waals surface area contributed by atoms with Gasteiger partial charge in [0.25, 0.3) is 5.56 Å².